The standard InChI is InChI=1S/C16H24N2O/c1-11(2)12(3)18(15-8-9-15)10-13-4-6-14(7-5-13)16(17)19/h4-7,11-12,15H,8-10H2,1-3H3,(H2,17,19). The van der Waals surface area contributed by atoms with Gasteiger partial charge in [0.15, 0.2) is 0 Å². The molecule has 1 amide bonds. The van der Waals surface area contributed by atoms with Gasteiger partial charge in [0.25, 0.3) is 0 Å². The van der Waals surface area contributed by atoms with E-state index in [2.05, 4.69) is 25.7 Å². The van der Waals surface area contributed by atoms with Crippen molar-refractivity contribution in [3.63, 3.8) is 0 Å². The van der Waals surface area contributed by atoms with Gasteiger partial charge in [-0.25, -0.2) is 0 Å². The van der Waals surface area contributed by atoms with E-state index in [9.17, 15) is 4.79 Å². The summed E-state index contributed by atoms with van der Waals surface area (Å²) in [7, 11) is 0. The summed E-state index contributed by atoms with van der Waals surface area (Å²) in [6.07, 6.45) is 2.63. The van der Waals surface area contributed by atoms with E-state index < -0.39 is 0 Å². The lowest BCUT2D eigenvalue weighted by Crippen LogP contribution is -2.37. The molecule has 1 aliphatic rings. The van der Waals surface area contributed by atoms with Gasteiger partial charge in [-0.3, -0.25) is 9.69 Å². The van der Waals surface area contributed by atoms with Gasteiger partial charge < -0.3 is 5.73 Å². The summed E-state index contributed by atoms with van der Waals surface area (Å²) in [6, 6.07) is 9.01. The molecule has 2 N–H and O–H groups in total. The zero-order valence-electron chi connectivity index (χ0n) is 12.1. The lowest BCUT2D eigenvalue weighted by Gasteiger charge is -2.32. The molecule has 0 bridgehead atoms. The maximum absolute atomic E-state index is 11.1. The predicted molar refractivity (Wildman–Crippen MR) is 77.8 cm³/mol. The fourth-order valence-electron chi connectivity index (χ4n) is 2.38. The molecule has 3 heteroatoms. The molecule has 104 valence electrons. The van der Waals surface area contributed by atoms with Crippen LogP contribution >= 0.6 is 0 Å². The van der Waals surface area contributed by atoms with Crippen LogP contribution in [0, 0.1) is 5.92 Å². The lowest BCUT2D eigenvalue weighted by atomic mass is 10.0. The van der Waals surface area contributed by atoms with Gasteiger partial charge in [-0.2, -0.15) is 0 Å². The molecule has 1 atom stereocenters. The number of hydrogen-bond donors (Lipinski definition) is 1. The molecule has 0 heterocycles. The normalized spacial score (nSPS) is 16.9. The molecule has 1 aliphatic carbocycles. The second-order valence-electron chi connectivity index (χ2n) is 5.95. The van der Waals surface area contributed by atoms with Crippen LogP contribution in [0.5, 0.6) is 0 Å². The molecule has 0 aliphatic heterocycles. The first-order chi connectivity index (χ1) is 8.99. The first kappa shape index (κ1) is 14.1. The molecule has 1 aromatic carbocycles. The number of carbonyl (C=O) groups is 1. The van der Waals surface area contributed by atoms with Crippen molar-refractivity contribution < 1.29 is 4.79 Å². The van der Waals surface area contributed by atoms with Gasteiger partial charge in [-0.15, -0.1) is 0 Å². The van der Waals surface area contributed by atoms with Crippen LogP contribution in [0.15, 0.2) is 24.3 Å². The first-order valence-corrected chi connectivity index (χ1v) is 7.13. The van der Waals surface area contributed by atoms with Gasteiger partial charge in [0.2, 0.25) is 5.91 Å². The van der Waals surface area contributed by atoms with E-state index in [1.54, 1.807) is 0 Å². The summed E-state index contributed by atoms with van der Waals surface area (Å²) in [5.41, 5.74) is 7.10. The molecule has 0 spiro atoms. The Bertz CT molecular complexity index is 435. The molecule has 1 fully saturated rings. The van der Waals surface area contributed by atoms with Gasteiger partial charge >= 0.3 is 0 Å². The lowest BCUT2D eigenvalue weighted by molar-refractivity contribution is 0.1000. The SMILES string of the molecule is CC(C)C(C)N(Cc1ccc(C(N)=O)cc1)C1CC1. The molecule has 0 saturated heterocycles. The second-order valence-corrected chi connectivity index (χ2v) is 5.95. The van der Waals surface area contributed by atoms with Gasteiger partial charge in [0.05, 0.1) is 0 Å². The third-order valence-electron chi connectivity index (χ3n) is 4.11. The number of rotatable bonds is 6. The zero-order chi connectivity index (χ0) is 14.0. The molecule has 0 radical (unpaired) electrons. The first-order valence-electron chi connectivity index (χ1n) is 7.13. The average Bonchev–Trinajstić information content (AvgIpc) is 3.19. The van der Waals surface area contributed by atoms with Crippen molar-refractivity contribution in [1.82, 2.24) is 4.90 Å². The van der Waals surface area contributed by atoms with Gasteiger partial charge in [0, 0.05) is 24.2 Å². The van der Waals surface area contributed by atoms with Crippen LogP contribution in [0.2, 0.25) is 0 Å². The summed E-state index contributed by atoms with van der Waals surface area (Å²) in [5.74, 6) is 0.298. The smallest absolute Gasteiger partial charge is 0.248 e. The second kappa shape index (κ2) is 5.74. The average molecular weight is 260 g/mol. The summed E-state index contributed by atoms with van der Waals surface area (Å²) in [5, 5.41) is 0. The predicted octanol–water partition coefficient (Wildman–Crippen LogP) is 2.79. The molecule has 0 aromatic heterocycles. The van der Waals surface area contributed by atoms with Crippen LogP contribution in [-0.2, 0) is 6.54 Å². The molecule has 2 rings (SSSR count). The van der Waals surface area contributed by atoms with Crippen molar-refractivity contribution >= 4 is 5.91 Å². The van der Waals surface area contributed by atoms with Gasteiger partial charge in [-0.1, -0.05) is 26.0 Å². The van der Waals surface area contributed by atoms with E-state index in [1.165, 1.54) is 18.4 Å². The molecular weight excluding hydrogens is 236 g/mol. The van der Waals surface area contributed by atoms with E-state index in [0.29, 0.717) is 17.5 Å². The van der Waals surface area contributed by atoms with E-state index in [4.69, 9.17) is 5.73 Å². The molecule has 3 nitrogen and oxygen atoms in total. The largest absolute Gasteiger partial charge is 0.366 e. The molecule has 19 heavy (non-hydrogen) atoms. The van der Waals surface area contributed by atoms with E-state index in [1.807, 2.05) is 24.3 Å². The number of nitrogens with zero attached hydrogens (tertiary/aromatic N) is 1. The van der Waals surface area contributed by atoms with Crippen molar-refractivity contribution in [2.75, 3.05) is 0 Å². The maximum atomic E-state index is 11.1. The Morgan fingerprint density at radius 2 is 1.84 bits per heavy atom. The van der Waals surface area contributed by atoms with Crippen molar-refractivity contribution in [2.45, 2.75) is 52.2 Å². The summed E-state index contributed by atoms with van der Waals surface area (Å²) in [6.45, 7) is 7.82. The van der Waals surface area contributed by atoms with Gasteiger partial charge in [-0.05, 0) is 43.4 Å². The minimum atomic E-state index is -0.360. The third-order valence-corrected chi connectivity index (χ3v) is 4.11. The fraction of sp³-hybridized carbons (Fsp3) is 0.562. The van der Waals surface area contributed by atoms with E-state index in [-0.39, 0.29) is 5.91 Å². The molecule has 1 aromatic rings. The highest BCUT2D eigenvalue weighted by atomic mass is 16.1. The Balaban J connectivity index is 2.06. The van der Waals surface area contributed by atoms with Crippen molar-refractivity contribution in [3.05, 3.63) is 35.4 Å². The Morgan fingerprint density at radius 3 is 2.26 bits per heavy atom. The molecular formula is C16H24N2O. The third kappa shape index (κ3) is 3.57. The Kier molecular flexibility index (Phi) is 4.25. The quantitative estimate of drug-likeness (QED) is 0.855. The van der Waals surface area contributed by atoms with Crippen molar-refractivity contribution in [1.29, 1.82) is 0 Å². The Morgan fingerprint density at radius 1 is 1.26 bits per heavy atom. The summed E-state index contributed by atoms with van der Waals surface area (Å²) in [4.78, 5) is 13.6. The topological polar surface area (TPSA) is 46.3 Å². The van der Waals surface area contributed by atoms with Crippen LogP contribution in [0.3, 0.4) is 0 Å². The van der Waals surface area contributed by atoms with Crippen LogP contribution in [0.25, 0.3) is 0 Å². The minimum Gasteiger partial charge on any atom is -0.366 e. The minimum absolute atomic E-state index is 0.360. The van der Waals surface area contributed by atoms with Crippen LogP contribution in [0.4, 0.5) is 0 Å². The summed E-state index contributed by atoms with van der Waals surface area (Å²) < 4.78 is 0. The highest BCUT2D eigenvalue weighted by molar-refractivity contribution is 5.92. The van der Waals surface area contributed by atoms with Crippen LogP contribution < -0.4 is 5.73 Å². The summed E-state index contributed by atoms with van der Waals surface area (Å²) >= 11 is 0. The molecule has 1 saturated carbocycles. The monoisotopic (exact) mass is 260 g/mol. The van der Waals surface area contributed by atoms with Crippen LogP contribution in [0.1, 0.15) is 49.5 Å². The highest BCUT2D eigenvalue weighted by Crippen LogP contribution is 2.32. The van der Waals surface area contributed by atoms with Crippen molar-refractivity contribution in [3.8, 4) is 0 Å². The van der Waals surface area contributed by atoms with Crippen LogP contribution in [-0.4, -0.2) is 22.9 Å². The number of amides is 1. The van der Waals surface area contributed by atoms with Crippen molar-refractivity contribution in [2.24, 2.45) is 11.7 Å². The van der Waals surface area contributed by atoms with E-state index >= 15 is 0 Å². The maximum Gasteiger partial charge on any atom is 0.248 e. The van der Waals surface area contributed by atoms with E-state index in [0.717, 1.165) is 12.6 Å². The Labute approximate surface area is 115 Å². The number of benzene rings is 1. The number of nitrogens with two attached hydrogens (primary N) is 1. The Hall–Kier alpha value is -1.35. The number of hydrogen-bond acceptors (Lipinski definition) is 2. The number of primary amides is 1. The zero-order valence-corrected chi connectivity index (χ0v) is 12.1. The van der Waals surface area contributed by atoms with Gasteiger partial charge in [0.1, 0.15) is 0 Å². The number of carbonyl (C=O) groups excluding carboxylic acids is 1. The highest BCUT2D eigenvalue weighted by Gasteiger charge is 2.33. The fourth-order valence-corrected chi connectivity index (χ4v) is 2.38. The molecule has 1 unspecified atom stereocenters.